The fourth-order valence-corrected chi connectivity index (χ4v) is 2.59. The number of halogens is 1. The molecule has 2 fully saturated rings. The van der Waals surface area contributed by atoms with Gasteiger partial charge in [0.2, 0.25) is 0 Å². The maximum atomic E-state index is 13.6. The molecule has 1 unspecified atom stereocenters. The number of likely N-dealkylation sites (tertiary alicyclic amines) is 1. The lowest BCUT2D eigenvalue weighted by molar-refractivity contribution is 0.0672. The number of nitrogens with one attached hydrogen (secondary N) is 1. The quantitative estimate of drug-likeness (QED) is 0.756. The van der Waals surface area contributed by atoms with Crippen LogP contribution in [0.4, 0.5) is 4.39 Å². The van der Waals surface area contributed by atoms with Crippen molar-refractivity contribution >= 4 is 0 Å². The summed E-state index contributed by atoms with van der Waals surface area (Å²) in [7, 11) is 0. The van der Waals surface area contributed by atoms with Gasteiger partial charge >= 0.3 is 0 Å². The van der Waals surface area contributed by atoms with Gasteiger partial charge in [-0.15, -0.1) is 0 Å². The molecule has 0 radical (unpaired) electrons. The number of nitrogens with zero attached hydrogens (tertiary/aromatic N) is 1. The van der Waals surface area contributed by atoms with E-state index in [-0.39, 0.29) is 0 Å². The van der Waals surface area contributed by atoms with Crippen LogP contribution in [0.25, 0.3) is 0 Å². The van der Waals surface area contributed by atoms with Crippen LogP contribution in [-0.4, -0.2) is 42.8 Å². The molecule has 2 aliphatic heterocycles. The van der Waals surface area contributed by atoms with E-state index in [2.05, 4.69) is 10.2 Å². The van der Waals surface area contributed by atoms with Crippen LogP contribution in [0.15, 0.2) is 0 Å². The lowest BCUT2D eigenvalue weighted by atomic mass is 9.95. The summed E-state index contributed by atoms with van der Waals surface area (Å²) in [6, 6.07) is 0.655. The molecular formula is C12H23FN2. The van der Waals surface area contributed by atoms with Crippen molar-refractivity contribution in [2.45, 2.75) is 50.7 Å². The summed E-state index contributed by atoms with van der Waals surface area (Å²) >= 11 is 0. The molecule has 0 bridgehead atoms. The van der Waals surface area contributed by atoms with E-state index < -0.39 is 5.67 Å². The van der Waals surface area contributed by atoms with Gasteiger partial charge in [0, 0.05) is 25.7 Å². The molecule has 0 aromatic heterocycles. The molecule has 2 nitrogen and oxygen atoms in total. The largest absolute Gasteiger partial charge is 0.313 e. The Morgan fingerprint density at radius 1 is 1.33 bits per heavy atom. The molecule has 2 aliphatic rings. The highest BCUT2D eigenvalue weighted by atomic mass is 19.1. The van der Waals surface area contributed by atoms with Crippen molar-refractivity contribution in [1.29, 1.82) is 0 Å². The fourth-order valence-electron chi connectivity index (χ4n) is 2.59. The number of hydrogen-bond acceptors (Lipinski definition) is 2. The Bertz CT molecular complexity index is 190. The number of piperidine rings is 2. The smallest absolute Gasteiger partial charge is 0.110 e. The van der Waals surface area contributed by atoms with Gasteiger partial charge in [-0.3, -0.25) is 0 Å². The van der Waals surface area contributed by atoms with E-state index in [1.807, 2.05) is 0 Å². The van der Waals surface area contributed by atoms with Crippen molar-refractivity contribution < 1.29 is 4.39 Å². The van der Waals surface area contributed by atoms with E-state index in [4.69, 9.17) is 0 Å². The van der Waals surface area contributed by atoms with Crippen molar-refractivity contribution in [3.8, 4) is 0 Å². The highest BCUT2D eigenvalue weighted by Crippen LogP contribution is 2.25. The fraction of sp³-hybridized carbons (Fsp3) is 1.00. The molecule has 2 heterocycles. The molecule has 0 saturated carbocycles. The van der Waals surface area contributed by atoms with E-state index in [0.29, 0.717) is 18.9 Å². The minimum absolute atomic E-state index is 0.655. The Balaban J connectivity index is 1.71. The summed E-state index contributed by atoms with van der Waals surface area (Å²) in [5.41, 5.74) is -0.906. The molecule has 3 heteroatoms. The molecule has 1 N–H and O–H groups in total. The monoisotopic (exact) mass is 214 g/mol. The minimum atomic E-state index is -0.906. The zero-order chi connectivity index (χ0) is 10.7. The Morgan fingerprint density at radius 2 is 2.07 bits per heavy atom. The Hall–Kier alpha value is -0.150. The Morgan fingerprint density at radius 3 is 2.67 bits per heavy atom. The molecule has 15 heavy (non-hydrogen) atoms. The third kappa shape index (κ3) is 3.42. The lowest BCUT2D eigenvalue weighted by Crippen LogP contribution is -2.48. The summed E-state index contributed by atoms with van der Waals surface area (Å²) in [6.45, 7) is 5.90. The van der Waals surface area contributed by atoms with E-state index in [1.54, 1.807) is 6.92 Å². The van der Waals surface area contributed by atoms with Crippen molar-refractivity contribution in [1.82, 2.24) is 10.2 Å². The molecule has 88 valence electrons. The average Bonchev–Trinajstić information content (AvgIpc) is 2.23. The second kappa shape index (κ2) is 4.79. The second-order valence-corrected chi connectivity index (χ2v) is 5.36. The first-order valence-corrected chi connectivity index (χ1v) is 6.30. The second-order valence-electron chi connectivity index (χ2n) is 5.36. The van der Waals surface area contributed by atoms with Gasteiger partial charge in [-0.25, -0.2) is 4.39 Å². The van der Waals surface area contributed by atoms with E-state index >= 15 is 0 Å². The van der Waals surface area contributed by atoms with Gasteiger partial charge in [-0.05, 0) is 39.2 Å². The van der Waals surface area contributed by atoms with Gasteiger partial charge in [-0.2, -0.15) is 0 Å². The molecule has 2 saturated heterocycles. The van der Waals surface area contributed by atoms with Crippen LogP contribution >= 0.6 is 0 Å². The van der Waals surface area contributed by atoms with Crippen LogP contribution in [0.1, 0.15) is 39.0 Å². The van der Waals surface area contributed by atoms with Crippen molar-refractivity contribution in [3.05, 3.63) is 0 Å². The normalized spacial score (nSPS) is 32.8. The predicted octanol–water partition coefficient (Wildman–Crippen LogP) is 1.95. The lowest BCUT2D eigenvalue weighted by Gasteiger charge is -2.37. The van der Waals surface area contributed by atoms with Gasteiger partial charge in [0.15, 0.2) is 0 Å². The van der Waals surface area contributed by atoms with E-state index in [0.717, 1.165) is 19.6 Å². The standard InChI is InChI=1S/C12H23FN2/c1-12(13)5-8-15(9-6-12)10-11-4-2-3-7-14-11/h11,14H,2-10H2,1H3. The molecule has 0 aromatic rings. The molecule has 2 rings (SSSR count). The summed E-state index contributed by atoms with van der Waals surface area (Å²) in [6.07, 6.45) is 5.38. The van der Waals surface area contributed by atoms with E-state index in [9.17, 15) is 4.39 Å². The number of rotatable bonds is 2. The van der Waals surface area contributed by atoms with Crippen molar-refractivity contribution in [2.24, 2.45) is 0 Å². The highest BCUT2D eigenvalue weighted by Gasteiger charge is 2.30. The molecule has 0 spiro atoms. The van der Waals surface area contributed by atoms with Crippen molar-refractivity contribution in [3.63, 3.8) is 0 Å². The molecule has 1 atom stereocenters. The van der Waals surface area contributed by atoms with Gasteiger partial charge in [0.1, 0.15) is 5.67 Å². The third-order valence-electron chi connectivity index (χ3n) is 3.79. The van der Waals surface area contributed by atoms with Crippen LogP contribution in [-0.2, 0) is 0 Å². The first-order chi connectivity index (χ1) is 7.16. The first-order valence-electron chi connectivity index (χ1n) is 6.30. The minimum Gasteiger partial charge on any atom is -0.313 e. The Labute approximate surface area is 92.2 Å². The predicted molar refractivity (Wildman–Crippen MR) is 60.8 cm³/mol. The zero-order valence-corrected chi connectivity index (χ0v) is 9.77. The van der Waals surface area contributed by atoms with Crippen LogP contribution in [0.5, 0.6) is 0 Å². The molecular weight excluding hydrogens is 191 g/mol. The van der Waals surface area contributed by atoms with E-state index in [1.165, 1.54) is 25.8 Å². The van der Waals surface area contributed by atoms with Gasteiger partial charge in [0.25, 0.3) is 0 Å². The summed E-state index contributed by atoms with van der Waals surface area (Å²) < 4.78 is 13.6. The summed E-state index contributed by atoms with van der Waals surface area (Å²) in [4.78, 5) is 2.42. The summed E-state index contributed by atoms with van der Waals surface area (Å²) in [5.74, 6) is 0. The molecule has 0 aliphatic carbocycles. The maximum absolute atomic E-state index is 13.6. The van der Waals surface area contributed by atoms with Gasteiger partial charge < -0.3 is 10.2 Å². The molecule has 0 amide bonds. The number of alkyl halides is 1. The van der Waals surface area contributed by atoms with Gasteiger partial charge in [0.05, 0.1) is 0 Å². The van der Waals surface area contributed by atoms with Crippen LogP contribution < -0.4 is 5.32 Å². The van der Waals surface area contributed by atoms with Crippen LogP contribution in [0.2, 0.25) is 0 Å². The van der Waals surface area contributed by atoms with Crippen molar-refractivity contribution in [2.75, 3.05) is 26.2 Å². The number of hydrogen-bond donors (Lipinski definition) is 1. The Kier molecular flexibility index (Phi) is 3.62. The first kappa shape index (κ1) is 11.3. The topological polar surface area (TPSA) is 15.3 Å². The third-order valence-corrected chi connectivity index (χ3v) is 3.79. The molecule has 0 aromatic carbocycles. The SMILES string of the molecule is CC1(F)CCN(CC2CCCCN2)CC1. The average molecular weight is 214 g/mol. The highest BCUT2D eigenvalue weighted by molar-refractivity contribution is 4.84. The summed E-state index contributed by atoms with van der Waals surface area (Å²) in [5, 5.41) is 3.55. The zero-order valence-electron chi connectivity index (χ0n) is 9.77. The maximum Gasteiger partial charge on any atom is 0.110 e. The van der Waals surface area contributed by atoms with Gasteiger partial charge in [-0.1, -0.05) is 6.42 Å². The van der Waals surface area contributed by atoms with Crippen LogP contribution in [0, 0.1) is 0 Å². The van der Waals surface area contributed by atoms with Crippen LogP contribution in [0.3, 0.4) is 0 Å².